The summed E-state index contributed by atoms with van der Waals surface area (Å²) in [5.74, 6) is -0.420. The van der Waals surface area contributed by atoms with E-state index in [1.807, 2.05) is 19.1 Å². The van der Waals surface area contributed by atoms with Gasteiger partial charge in [0.25, 0.3) is 5.91 Å². The van der Waals surface area contributed by atoms with Gasteiger partial charge in [-0.25, -0.2) is 4.98 Å². The average Bonchev–Trinajstić information content (AvgIpc) is 3.09. The van der Waals surface area contributed by atoms with Gasteiger partial charge in [0.15, 0.2) is 0 Å². The molecule has 2 N–H and O–H groups in total. The highest BCUT2D eigenvalue weighted by atomic mass is 35.5. The lowest BCUT2D eigenvalue weighted by Gasteiger charge is -2.34. The van der Waals surface area contributed by atoms with Crippen LogP contribution in [0.3, 0.4) is 0 Å². The lowest BCUT2D eigenvalue weighted by Crippen LogP contribution is -2.44. The molecule has 16 heteroatoms. The Morgan fingerprint density at radius 1 is 0.962 bits per heavy atom. The minimum absolute atomic E-state index is 0. The summed E-state index contributed by atoms with van der Waals surface area (Å²) < 4.78 is 6.30. The fourth-order valence-electron chi connectivity index (χ4n) is 5.42. The summed E-state index contributed by atoms with van der Waals surface area (Å²) in [5, 5.41) is 6.83. The number of ether oxygens (including phenoxy) is 1. The van der Waals surface area contributed by atoms with Gasteiger partial charge in [-0.05, 0) is 62.0 Å². The van der Waals surface area contributed by atoms with Gasteiger partial charge in [0, 0.05) is 79.3 Å². The van der Waals surface area contributed by atoms with Crippen molar-refractivity contribution in [2.75, 3.05) is 63.7 Å². The van der Waals surface area contributed by atoms with E-state index in [4.69, 9.17) is 32.9 Å². The number of para-hydroxylation sites is 1. The second kappa shape index (κ2) is 21.3. The molecular formula is C36H42Cl6N6O4. The van der Waals surface area contributed by atoms with Gasteiger partial charge < -0.3 is 30.1 Å². The van der Waals surface area contributed by atoms with Crippen LogP contribution >= 0.6 is 72.8 Å². The van der Waals surface area contributed by atoms with Crippen LogP contribution in [0.1, 0.15) is 27.2 Å². The number of anilines is 2. The molecule has 1 aliphatic heterocycles. The zero-order valence-corrected chi connectivity index (χ0v) is 33.8. The van der Waals surface area contributed by atoms with Gasteiger partial charge in [-0.15, -0.1) is 49.6 Å². The third-order valence-corrected chi connectivity index (χ3v) is 9.04. The maximum absolute atomic E-state index is 13.0. The van der Waals surface area contributed by atoms with Crippen molar-refractivity contribution in [1.29, 1.82) is 0 Å². The van der Waals surface area contributed by atoms with Crippen LogP contribution in [0.5, 0.6) is 5.75 Å². The van der Waals surface area contributed by atoms with Crippen LogP contribution < -0.4 is 25.2 Å². The van der Waals surface area contributed by atoms with E-state index < -0.39 is 5.91 Å². The van der Waals surface area contributed by atoms with Crippen LogP contribution in [0, 0.1) is 6.92 Å². The second-order valence-electron chi connectivity index (χ2n) is 11.6. The van der Waals surface area contributed by atoms with Crippen LogP contribution in [-0.2, 0) is 16.2 Å². The lowest BCUT2D eigenvalue weighted by molar-refractivity contribution is -0.122. The van der Waals surface area contributed by atoms with Gasteiger partial charge in [-0.2, -0.15) is 0 Å². The largest absolute Gasteiger partial charge is 0.487 e. The van der Waals surface area contributed by atoms with Crippen molar-refractivity contribution in [3.8, 4) is 5.75 Å². The summed E-state index contributed by atoms with van der Waals surface area (Å²) in [6.45, 7) is 5.62. The number of amides is 3. The molecule has 0 atom stereocenters. The molecule has 2 heterocycles. The quantitative estimate of drug-likeness (QED) is 0.166. The molecule has 0 radical (unpaired) electrons. The molecule has 282 valence electrons. The minimum Gasteiger partial charge on any atom is -0.487 e. The molecule has 0 saturated carbocycles. The summed E-state index contributed by atoms with van der Waals surface area (Å²) >= 11 is 13.4. The Morgan fingerprint density at radius 2 is 1.63 bits per heavy atom. The van der Waals surface area contributed by atoms with Crippen molar-refractivity contribution in [1.82, 2.24) is 20.5 Å². The highest BCUT2D eigenvalue weighted by Gasteiger charge is 2.21. The van der Waals surface area contributed by atoms with Crippen molar-refractivity contribution >= 4 is 119 Å². The Hall–Kier alpha value is -3.48. The first-order valence-corrected chi connectivity index (χ1v) is 16.3. The lowest BCUT2D eigenvalue weighted by atomic mass is 10.1. The van der Waals surface area contributed by atoms with E-state index in [1.54, 1.807) is 56.6 Å². The number of hydrogen-bond acceptors (Lipinski definition) is 7. The Bertz CT molecular complexity index is 1870. The third-order valence-electron chi connectivity index (χ3n) is 8.27. The van der Waals surface area contributed by atoms with E-state index in [9.17, 15) is 14.4 Å². The zero-order valence-electron chi connectivity index (χ0n) is 29.0. The van der Waals surface area contributed by atoms with E-state index in [0.717, 1.165) is 54.0 Å². The number of fused-ring (bicyclic) bond motifs is 1. The summed E-state index contributed by atoms with van der Waals surface area (Å²) in [6, 6.07) is 18.1. The molecule has 52 heavy (non-hydrogen) atoms. The number of aromatic nitrogens is 1. The van der Waals surface area contributed by atoms with Gasteiger partial charge in [-0.1, -0.05) is 47.5 Å². The molecule has 0 unspecified atom stereocenters. The second-order valence-corrected chi connectivity index (χ2v) is 12.4. The van der Waals surface area contributed by atoms with Crippen molar-refractivity contribution in [2.24, 2.45) is 0 Å². The molecule has 3 aromatic carbocycles. The smallest absolute Gasteiger partial charge is 0.251 e. The third kappa shape index (κ3) is 11.3. The summed E-state index contributed by atoms with van der Waals surface area (Å²) in [7, 11) is 5.27. The number of halogens is 6. The number of rotatable bonds is 10. The number of nitrogens with one attached hydrogen (secondary N) is 2. The van der Waals surface area contributed by atoms with Crippen LogP contribution in [0.2, 0.25) is 10.0 Å². The fourth-order valence-corrected chi connectivity index (χ4v) is 6.02. The molecule has 0 spiro atoms. The predicted octanol–water partition coefficient (Wildman–Crippen LogP) is 7.02. The molecular weight excluding hydrogens is 793 g/mol. The number of carbonyl (C=O) groups excluding carboxylic acids is 3. The monoisotopic (exact) mass is 832 g/mol. The topological polar surface area (TPSA) is 107 Å². The average molecular weight is 835 g/mol. The predicted molar refractivity (Wildman–Crippen MR) is 221 cm³/mol. The molecule has 1 aromatic heterocycles. The van der Waals surface area contributed by atoms with Crippen molar-refractivity contribution < 1.29 is 19.1 Å². The Morgan fingerprint density at radius 3 is 2.29 bits per heavy atom. The first-order valence-electron chi connectivity index (χ1n) is 15.5. The van der Waals surface area contributed by atoms with Gasteiger partial charge >= 0.3 is 0 Å². The van der Waals surface area contributed by atoms with Crippen LogP contribution in [0.25, 0.3) is 17.0 Å². The van der Waals surface area contributed by atoms with Crippen LogP contribution in [-0.4, -0.2) is 81.5 Å². The molecule has 0 aliphatic carbocycles. The highest BCUT2D eigenvalue weighted by Crippen LogP contribution is 2.37. The van der Waals surface area contributed by atoms with E-state index >= 15 is 0 Å². The molecule has 10 nitrogen and oxygen atoms in total. The van der Waals surface area contributed by atoms with E-state index in [0.29, 0.717) is 27.6 Å². The molecule has 4 aromatic rings. The summed E-state index contributed by atoms with van der Waals surface area (Å²) in [6.07, 6.45) is 2.92. The van der Waals surface area contributed by atoms with E-state index in [2.05, 4.69) is 39.6 Å². The van der Waals surface area contributed by atoms with E-state index in [-0.39, 0.29) is 79.6 Å². The van der Waals surface area contributed by atoms with Crippen LogP contribution in [0.4, 0.5) is 11.4 Å². The van der Waals surface area contributed by atoms with E-state index in [1.165, 1.54) is 11.0 Å². The number of carbonyl (C=O) groups is 3. The molecule has 1 fully saturated rings. The Labute approximate surface area is 338 Å². The SMILES string of the molecule is CNC(=O)c1ccc(/C=C/C(=O)NCC(=O)N(C)c2ccc(Cl)c(COc3cccc4c(N5CCN(C)CC5)cc(C)nc34)c2Cl)cc1.Cl.Cl.Cl.Cl. The number of benzene rings is 3. The van der Waals surface area contributed by atoms with Gasteiger partial charge in [0.1, 0.15) is 17.9 Å². The van der Waals surface area contributed by atoms with Gasteiger partial charge in [0.05, 0.1) is 17.3 Å². The number of nitrogens with zero attached hydrogens (tertiary/aromatic N) is 4. The summed E-state index contributed by atoms with van der Waals surface area (Å²) in [5.41, 5.74) is 4.97. The number of pyridine rings is 1. The number of likely N-dealkylation sites (N-methyl/N-ethyl adjacent to an activating group) is 2. The molecule has 3 amide bonds. The number of aryl methyl sites for hydroxylation is 1. The normalized spacial score (nSPS) is 12.5. The van der Waals surface area contributed by atoms with Crippen molar-refractivity contribution in [3.63, 3.8) is 0 Å². The van der Waals surface area contributed by atoms with Crippen molar-refractivity contribution in [3.05, 3.63) is 99.2 Å². The first kappa shape index (κ1) is 46.5. The van der Waals surface area contributed by atoms with Crippen molar-refractivity contribution in [2.45, 2.75) is 13.5 Å². The number of hydrogen-bond donors (Lipinski definition) is 2. The fraction of sp³-hybridized carbons (Fsp3) is 0.278. The zero-order chi connectivity index (χ0) is 34.4. The standard InChI is InChI=1S/C36H38Cl2N6O4.4ClH/c1-23-20-30(44-18-16-42(3)17-19-44)26-6-5-7-31(35(26)41-23)48-22-27-28(37)13-14-29(34(27)38)43(4)33(46)21-40-32(45)15-10-24-8-11-25(12-9-24)36(47)39-2;;;;/h5-15,20H,16-19,21-22H2,1-4H3,(H,39,47)(H,40,45);4*1H/b15-10+;;;;. The Balaban J connectivity index is 0.00000338. The van der Waals surface area contributed by atoms with Gasteiger partial charge in [0.2, 0.25) is 11.8 Å². The number of piperazine rings is 1. The van der Waals surface area contributed by atoms with Crippen LogP contribution in [0.15, 0.2) is 66.7 Å². The molecule has 5 rings (SSSR count). The summed E-state index contributed by atoms with van der Waals surface area (Å²) in [4.78, 5) is 48.1. The molecule has 0 bridgehead atoms. The Kier molecular flexibility index (Phi) is 19.0. The maximum Gasteiger partial charge on any atom is 0.251 e. The highest BCUT2D eigenvalue weighted by molar-refractivity contribution is 6.38. The first-order chi connectivity index (χ1) is 23.0. The maximum atomic E-state index is 13.0. The molecule has 1 aliphatic rings. The van der Waals surface area contributed by atoms with Gasteiger partial charge in [-0.3, -0.25) is 14.4 Å². The molecule has 1 saturated heterocycles. The minimum atomic E-state index is -0.446.